The summed E-state index contributed by atoms with van der Waals surface area (Å²) in [7, 11) is 0. The molecule has 0 amide bonds. The first-order valence-electron chi connectivity index (χ1n) is 3.13. The third kappa shape index (κ3) is 1.58. The minimum absolute atomic E-state index is 0.0748. The highest BCUT2D eigenvalue weighted by atomic mass is 32.2. The molecule has 2 saturated heterocycles. The average molecular weight is 214 g/mol. The third-order valence-corrected chi connectivity index (χ3v) is 2.92. The largest absolute Gasteiger partial charge is 0.305 e. The average Bonchev–Trinajstić information content (AvgIpc) is 2.40. The van der Waals surface area contributed by atoms with E-state index >= 15 is 0 Å². The minimum atomic E-state index is -1.73. The van der Waals surface area contributed by atoms with Gasteiger partial charge in [0.2, 0.25) is 0 Å². The molecular formula is C4H6O6S2. The van der Waals surface area contributed by atoms with Gasteiger partial charge in [-0.3, -0.25) is 16.7 Å². The number of hydrogen-bond donors (Lipinski definition) is 0. The third-order valence-electron chi connectivity index (χ3n) is 1.50. The van der Waals surface area contributed by atoms with Crippen LogP contribution >= 0.6 is 0 Å². The van der Waals surface area contributed by atoms with Crippen molar-refractivity contribution in [2.24, 2.45) is 0 Å². The van der Waals surface area contributed by atoms with Crippen LogP contribution < -0.4 is 0 Å². The second kappa shape index (κ2) is 3.13. The monoisotopic (exact) mass is 214 g/mol. The van der Waals surface area contributed by atoms with E-state index in [-0.39, 0.29) is 19.8 Å². The van der Waals surface area contributed by atoms with Crippen LogP contribution in [0.1, 0.15) is 0 Å². The molecule has 0 aromatic rings. The van der Waals surface area contributed by atoms with Gasteiger partial charge >= 0.3 is 22.7 Å². The summed E-state index contributed by atoms with van der Waals surface area (Å²) in [6.07, 6.45) is 0. The summed E-state index contributed by atoms with van der Waals surface area (Å²) in [6.45, 7) is 0.285. The molecule has 2 aliphatic rings. The molecule has 1 spiro atoms. The molecule has 0 radical (unpaired) electrons. The predicted octanol–water partition coefficient (Wildman–Crippen LogP) is -1.02. The topological polar surface area (TPSA) is 71.1 Å². The van der Waals surface area contributed by atoms with Crippen LogP contribution in [0.3, 0.4) is 0 Å². The maximum Gasteiger partial charge on any atom is 0.305 e. The predicted molar refractivity (Wildman–Crippen MR) is 38.0 cm³/mol. The van der Waals surface area contributed by atoms with E-state index in [1.807, 2.05) is 0 Å². The highest BCUT2D eigenvalue weighted by Crippen LogP contribution is 2.26. The highest BCUT2D eigenvalue weighted by Gasteiger charge is 2.45. The standard InChI is InChI=1S/C4H6O6S2/c5-11-7-1-4(2-8-11)3-9-12(6)10-4/h1-3H2. The Morgan fingerprint density at radius 2 is 1.42 bits per heavy atom. The summed E-state index contributed by atoms with van der Waals surface area (Å²) in [4.78, 5) is 0. The lowest BCUT2D eigenvalue weighted by Gasteiger charge is -2.26. The van der Waals surface area contributed by atoms with Crippen LogP contribution in [0.15, 0.2) is 0 Å². The van der Waals surface area contributed by atoms with Gasteiger partial charge in [0.15, 0.2) is 5.60 Å². The van der Waals surface area contributed by atoms with E-state index in [1.165, 1.54) is 0 Å². The molecule has 12 heavy (non-hydrogen) atoms. The molecule has 2 fully saturated rings. The molecule has 0 aromatic carbocycles. The van der Waals surface area contributed by atoms with Crippen LogP contribution in [-0.4, -0.2) is 33.8 Å². The summed E-state index contributed by atoms with van der Waals surface area (Å²) in [5, 5.41) is 0. The van der Waals surface area contributed by atoms with Crippen LogP contribution in [0.5, 0.6) is 0 Å². The Morgan fingerprint density at radius 1 is 0.917 bits per heavy atom. The molecule has 70 valence electrons. The van der Waals surface area contributed by atoms with Gasteiger partial charge in [0.1, 0.15) is 19.8 Å². The summed E-state index contributed by atoms with van der Waals surface area (Å²) in [5.74, 6) is 0. The molecule has 8 heteroatoms. The Labute approximate surface area is 73.9 Å². The maximum absolute atomic E-state index is 10.7. The van der Waals surface area contributed by atoms with Crippen molar-refractivity contribution in [3.63, 3.8) is 0 Å². The first-order chi connectivity index (χ1) is 5.70. The normalized spacial score (nSPS) is 48.3. The maximum atomic E-state index is 10.7. The van der Waals surface area contributed by atoms with E-state index in [4.69, 9.17) is 4.18 Å². The molecule has 2 aliphatic heterocycles. The van der Waals surface area contributed by atoms with Crippen LogP contribution in [0.25, 0.3) is 0 Å². The molecule has 1 unspecified atom stereocenters. The van der Waals surface area contributed by atoms with Crippen molar-refractivity contribution in [1.29, 1.82) is 0 Å². The van der Waals surface area contributed by atoms with Gasteiger partial charge in [-0.25, -0.2) is 0 Å². The van der Waals surface area contributed by atoms with Gasteiger partial charge in [-0.05, 0) is 0 Å². The number of hydrogen-bond acceptors (Lipinski definition) is 6. The Bertz CT molecular complexity index is 230. The smallest absolute Gasteiger partial charge is 0.265 e. The van der Waals surface area contributed by atoms with Crippen LogP contribution in [0.2, 0.25) is 0 Å². The number of rotatable bonds is 0. The first kappa shape index (κ1) is 8.73. The van der Waals surface area contributed by atoms with Crippen LogP contribution in [-0.2, 0) is 39.5 Å². The lowest BCUT2D eigenvalue weighted by atomic mass is 10.1. The second-order valence-electron chi connectivity index (χ2n) is 2.46. The van der Waals surface area contributed by atoms with Crippen molar-refractivity contribution >= 4 is 22.7 Å². The van der Waals surface area contributed by atoms with Gasteiger partial charge < -0.3 is 0 Å². The zero-order valence-corrected chi connectivity index (χ0v) is 7.52. The first-order valence-corrected chi connectivity index (χ1v) is 5.13. The Morgan fingerprint density at radius 3 is 1.83 bits per heavy atom. The van der Waals surface area contributed by atoms with E-state index in [1.54, 1.807) is 0 Å². The molecule has 6 nitrogen and oxygen atoms in total. The lowest BCUT2D eigenvalue weighted by molar-refractivity contribution is -0.0256. The van der Waals surface area contributed by atoms with Gasteiger partial charge in [0, 0.05) is 0 Å². The SMILES string of the molecule is O=S1OCC2(CO1)COS(=O)O2. The van der Waals surface area contributed by atoms with Gasteiger partial charge in [-0.15, -0.1) is 0 Å². The van der Waals surface area contributed by atoms with Gasteiger partial charge in [-0.2, -0.15) is 8.42 Å². The van der Waals surface area contributed by atoms with Crippen molar-refractivity contribution in [3.8, 4) is 0 Å². The van der Waals surface area contributed by atoms with Crippen molar-refractivity contribution in [1.82, 2.24) is 0 Å². The zero-order valence-electron chi connectivity index (χ0n) is 5.89. The van der Waals surface area contributed by atoms with Crippen molar-refractivity contribution < 1.29 is 25.2 Å². The second-order valence-corrected chi connectivity index (χ2v) is 4.15. The van der Waals surface area contributed by atoms with Crippen LogP contribution in [0.4, 0.5) is 0 Å². The molecule has 2 heterocycles. The summed E-state index contributed by atoms with van der Waals surface area (Å²) in [6, 6.07) is 0. The Hall–Kier alpha value is 0.140. The zero-order chi connectivity index (χ0) is 8.60. The molecule has 0 aliphatic carbocycles. The fraction of sp³-hybridized carbons (Fsp3) is 1.00. The van der Waals surface area contributed by atoms with Gasteiger partial charge in [-0.1, -0.05) is 0 Å². The molecule has 0 N–H and O–H groups in total. The Kier molecular flexibility index (Phi) is 2.27. The molecule has 0 saturated carbocycles. The Balaban J connectivity index is 2.04. The van der Waals surface area contributed by atoms with E-state index in [0.717, 1.165) is 0 Å². The highest BCUT2D eigenvalue weighted by molar-refractivity contribution is 7.75. The van der Waals surface area contributed by atoms with Gasteiger partial charge in [0.05, 0.1) is 0 Å². The molecule has 1 atom stereocenters. The van der Waals surface area contributed by atoms with Crippen molar-refractivity contribution in [2.45, 2.75) is 5.60 Å². The molecule has 0 bridgehead atoms. The van der Waals surface area contributed by atoms with Gasteiger partial charge in [0.25, 0.3) is 0 Å². The summed E-state index contributed by atoms with van der Waals surface area (Å²) >= 11 is -3.44. The molecule has 0 aromatic heterocycles. The lowest BCUT2D eigenvalue weighted by Crippen LogP contribution is -2.46. The van der Waals surface area contributed by atoms with E-state index in [9.17, 15) is 8.42 Å². The minimum Gasteiger partial charge on any atom is -0.265 e. The molecule has 2 rings (SSSR count). The van der Waals surface area contributed by atoms with E-state index < -0.39 is 28.3 Å². The van der Waals surface area contributed by atoms with E-state index in [0.29, 0.717) is 0 Å². The molecular weight excluding hydrogens is 208 g/mol. The summed E-state index contributed by atoms with van der Waals surface area (Å²) < 4.78 is 40.2. The van der Waals surface area contributed by atoms with E-state index in [2.05, 4.69) is 12.5 Å². The van der Waals surface area contributed by atoms with Crippen molar-refractivity contribution in [3.05, 3.63) is 0 Å². The fourth-order valence-electron chi connectivity index (χ4n) is 0.866. The quantitative estimate of drug-likeness (QED) is 0.514. The fourth-order valence-corrected chi connectivity index (χ4v) is 2.35. The van der Waals surface area contributed by atoms with Crippen LogP contribution in [0, 0.1) is 0 Å². The van der Waals surface area contributed by atoms with Crippen molar-refractivity contribution in [2.75, 3.05) is 19.8 Å². The summed E-state index contributed by atoms with van der Waals surface area (Å²) in [5.41, 5.74) is -0.835.